The highest BCUT2D eigenvalue weighted by molar-refractivity contribution is 7.91. The van der Waals surface area contributed by atoms with Crippen LogP contribution in [0.2, 0.25) is 0 Å². The van der Waals surface area contributed by atoms with Crippen molar-refractivity contribution in [3.8, 4) is 11.5 Å². The van der Waals surface area contributed by atoms with Crippen LogP contribution in [0.15, 0.2) is 52.6 Å². The van der Waals surface area contributed by atoms with Gasteiger partial charge < -0.3 is 9.32 Å². The van der Waals surface area contributed by atoms with Crippen LogP contribution in [0.25, 0.3) is 11.5 Å². The first-order valence-electron chi connectivity index (χ1n) is 10.3. The second-order valence-corrected chi connectivity index (χ2v) is 10.2. The monoisotopic (exact) mass is 500 g/mol. The average molecular weight is 500 g/mol. The quantitative estimate of drug-likeness (QED) is 0.596. The Labute approximate surface area is 192 Å². The van der Waals surface area contributed by atoms with E-state index in [0.29, 0.717) is 11.3 Å². The van der Waals surface area contributed by atoms with Gasteiger partial charge in [-0.25, -0.2) is 17.6 Å². The molecule has 1 aromatic heterocycles. The Morgan fingerprint density at radius 1 is 1.15 bits per heavy atom. The summed E-state index contributed by atoms with van der Waals surface area (Å²) in [6.07, 6.45) is -1.38. The highest BCUT2D eigenvalue weighted by atomic mass is 32.2. The summed E-state index contributed by atoms with van der Waals surface area (Å²) >= 11 is 0. The Kier molecular flexibility index (Phi) is 6.47. The van der Waals surface area contributed by atoms with Crippen molar-refractivity contribution in [2.45, 2.75) is 25.3 Å². The topological polar surface area (TPSA) is 96.6 Å². The predicted octanol–water partition coefficient (Wildman–Crippen LogP) is 3.59. The number of aromatic nitrogens is 2. The first-order chi connectivity index (χ1) is 16.0. The highest BCUT2D eigenvalue weighted by Gasteiger charge is 2.38. The van der Waals surface area contributed by atoms with Crippen molar-refractivity contribution in [3.05, 3.63) is 59.6 Å². The van der Waals surface area contributed by atoms with Crippen LogP contribution in [0.4, 0.5) is 22.4 Å². The maximum Gasteiger partial charge on any atom is 0.470 e. The number of amides is 2. The number of urea groups is 1. The maximum atomic E-state index is 13.6. The van der Waals surface area contributed by atoms with Crippen molar-refractivity contribution in [2.24, 2.45) is 0 Å². The number of rotatable bonds is 4. The SMILES string of the molecule is O=C(N1CCS(=O)(=O)CC1)N(Cc1ccc(-c2nnc(C(F)(F)F)o2)cc1)C1=CCC(F)C=C1. The number of carbonyl (C=O) groups is 1. The molecule has 34 heavy (non-hydrogen) atoms. The number of hydrogen-bond acceptors (Lipinski definition) is 6. The molecule has 1 fully saturated rings. The van der Waals surface area contributed by atoms with E-state index in [-0.39, 0.29) is 49.0 Å². The summed E-state index contributed by atoms with van der Waals surface area (Å²) in [7, 11) is -3.19. The summed E-state index contributed by atoms with van der Waals surface area (Å²) in [5, 5.41) is 6.41. The Morgan fingerprint density at radius 3 is 2.38 bits per heavy atom. The first-order valence-corrected chi connectivity index (χ1v) is 12.1. The van der Waals surface area contributed by atoms with E-state index in [0.717, 1.165) is 0 Å². The van der Waals surface area contributed by atoms with Gasteiger partial charge in [-0.3, -0.25) is 4.90 Å². The lowest BCUT2D eigenvalue weighted by Crippen LogP contribution is -2.49. The molecule has 1 aliphatic heterocycles. The van der Waals surface area contributed by atoms with Crippen molar-refractivity contribution in [1.29, 1.82) is 0 Å². The first kappa shape index (κ1) is 23.9. The second-order valence-electron chi connectivity index (χ2n) is 7.85. The van der Waals surface area contributed by atoms with Gasteiger partial charge in [0.25, 0.3) is 0 Å². The minimum absolute atomic E-state index is 0.0536. The smallest absolute Gasteiger partial charge is 0.413 e. The number of hydrogen-bond donors (Lipinski definition) is 0. The Bertz CT molecular complexity index is 1210. The van der Waals surface area contributed by atoms with Crippen LogP contribution in [0.3, 0.4) is 0 Å². The number of carbonyl (C=O) groups excluding carboxylic acids is 1. The molecule has 1 aliphatic carbocycles. The fourth-order valence-electron chi connectivity index (χ4n) is 3.52. The molecular weight excluding hydrogens is 480 g/mol. The van der Waals surface area contributed by atoms with Crippen LogP contribution in [-0.2, 0) is 22.6 Å². The molecule has 0 radical (unpaired) electrons. The van der Waals surface area contributed by atoms with Gasteiger partial charge in [-0.05, 0) is 29.8 Å². The van der Waals surface area contributed by atoms with E-state index >= 15 is 0 Å². The van der Waals surface area contributed by atoms with Gasteiger partial charge in [0.2, 0.25) is 5.89 Å². The fraction of sp³-hybridized carbons (Fsp3) is 0.381. The third-order valence-corrected chi connectivity index (χ3v) is 7.00. The molecule has 1 saturated heterocycles. The van der Waals surface area contributed by atoms with E-state index in [1.807, 2.05) is 0 Å². The molecule has 0 bridgehead atoms. The van der Waals surface area contributed by atoms with E-state index in [1.165, 1.54) is 34.1 Å². The molecule has 0 N–H and O–H groups in total. The minimum atomic E-state index is -4.75. The van der Waals surface area contributed by atoms with Gasteiger partial charge in [0.05, 0.1) is 18.1 Å². The van der Waals surface area contributed by atoms with Crippen LogP contribution in [0.5, 0.6) is 0 Å². The standard InChI is InChI=1S/C21H20F4N4O4S/c22-16-5-7-17(8-6-16)29(20(30)28-9-11-34(31,32)12-10-28)13-14-1-3-15(4-2-14)18-26-27-19(33-18)21(23,24)25/h1-5,7-8,16H,6,9-13H2. The second kappa shape index (κ2) is 9.20. The molecule has 0 spiro atoms. The molecule has 1 atom stereocenters. The summed E-state index contributed by atoms with van der Waals surface area (Å²) in [4.78, 5) is 16.1. The molecule has 2 heterocycles. The van der Waals surface area contributed by atoms with Gasteiger partial charge in [-0.1, -0.05) is 18.2 Å². The van der Waals surface area contributed by atoms with E-state index in [9.17, 15) is 30.8 Å². The summed E-state index contributed by atoms with van der Waals surface area (Å²) in [6.45, 7) is 0.184. The molecule has 4 rings (SSSR count). The number of halogens is 4. The van der Waals surface area contributed by atoms with Crippen molar-refractivity contribution in [3.63, 3.8) is 0 Å². The minimum Gasteiger partial charge on any atom is -0.413 e. The number of sulfone groups is 1. The molecule has 2 aromatic rings. The number of allylic oxidation sites excluding steroid dienone is 3. The van der Waals surface area contributed by atoms with Crippen LogP contribution in [-0.4, -0.2) is 65.2 Å². The number of benzene rings is 1. The molecule has 1 aromatic carbocycles. The van der Waals surface area contributed by atoms with Crippen LogP contribution in [0, 0.1) is 0 Å². The number of alkyl halides is 4. The molecule has 8 nitrogen and oxygen atoms in total. The Balaban J connectivity index is 1.54. The van der Waals surface area contributed by atoms with E-state index in [1.54, 1.807) is 18.2 Å². The molecule has 0 saturated carbocycles. The molecule has 2 aliphatic rings. The summed E-state index contributed by atoms with van der Waals surface area (Å²) < 4.78 is 79.8. The average Bonchev–Trinajstić information content (AvgIpc) is 3.29. The molecule has 13 heteroatoms. The van der Waals surface area contributed by atoms with E-state index in [2.05, 4.69) is 14.6 Å². The van der Waals surface area contributed by atoms with Crippen molar-refractivity contribution < 1.29 is 35.2 Å². The Hall–Kier alpha value is -3.22. The third kappa shape index (κ3) is 5.46. The zero-order chi connectivity index (χ0) is 24.5. The highest BCUT2D eigenvalue weighted by Crippen LogP contribution is 2.30. The summed E-state index contributed by atoms with van der Waals surface area (Å²) in [5.74, 6) is -2.01. The van der Waals surface area contributed by atoms with E-state index < -0.39 is 34.1 Å². The fourth-order valence-corrected chi connectivity index (χ4v) is 4.72. The molecule has 1 unspecified atom stereocenters. The normalized spacial score (nSPS) is 20.2. The lowest BCUT2D eigenvalue weighted by Gasteiger charge is -2.34. The third-order valence-electron chi connectivity index (χ3n) is 5.39. The predicted molar refractivity (Wildman–Crippen MR) is 113 cm³/mol. The lowest BCUT2D eigenvalue weighted by atomic mass is 10.1. The molecule has 2 amide bonds. The van der Waals surface area contributed by atoms with Gasteiger partial charge in [-0.15, -0.1) is 10.2 Å². The van der Waals surface area contributed by atoms with Crippen molar-refractivity contribution in [2.75, 3.05) is 24.6 Å². The Morgan fingerprint density at radius 2 is 1.82 bits per heavy atom. The van der Waals surface area contributed by atoms with E-state index in [4.69, 9.17) is 0 Å². The van der Waals surface area contributed by atoms with Crippen LogP contribution >= 0.6 is 0 Å². The van der Waals surface area contributed by atoms with Gasteiger partial charge in [0, 0.05) is 30.8 Å². The summed E-state index contributed by atoms with van der Waals surface area (Å²) in [6, 6.07) is 5.75. The molecule has 182 valence electrons. The largest absolute Gasteiger partial charge is 0.470 e. The van der Waals surface area contributed by atoms with Crippen LogP contribution in [0.1, 0.15) is 17.9 Å². The lowest BCUT2D eigenvalue weighted by molar-refractivity contribution is -0.156. The van der Waals surface area contributed by atoms with Crippen LogP contribution < -0.4 is 0 Å². The van der Waals surface area contributed by atoms with Crippen molar-refractivity contribution >= 4 is 15.9 Å². The van der Waals surface area contributed by atoms with Gasteiger partial charge >= 0.3 is 18.1 Å². The van der Waals surface area contributed by atoms with Crippen molar-refractivity contribution in [1.82, 2.24) is 20.0 Å². The molecular formula is C21H20F4N4O4S. The van der Waals surface area contributed by atoms with Gasteiger partial charge in [0.1, 0.15) is 6.17 Å². The number of nitrogens with zero attached hydrogens (tertiary/aromatic N) is 4. The summed E-state index contributed by atoms with van der Waals surface area (Å²) in [5.41, 5.74) is 1.38. The van der Waals surface area contributed by atoms with Gasteiger partial charge in [0.15, 0.2) is 9.84 Å². The zero-order valence-electron chi connectivity index (χ0n) is 17.7. The van der Waals surface area contributed by atoms with Gasteiger partial charge in [-0.2, -0.15) is 13.2 Å². The maximum absolute atomic E-state index is 13.6. The zero-order valence-corrected chi connectivity index (χ0v) is 18.5.